The van der Waals surface area contributed by atoms with E-state index in [0.29, 0.717) is 0 Å². The van der Waals surface area contributed by atoms with E-state index in [2.05, 4.69) is 240 Å². The van der Waals surface area contributed by atoms with Gasteiger partial charge < -0.3 is 14.2 Å². The van der Waals surface area contributed by atoms with E-state index in [1.807, 2.05) is 0 Å². The number of hydrogen-bond acceptors (Lipinski definition) is 3. The molecule has 0 fully saturated rings. The fourth-order valence-electron chi connectivity index (χ4n) is 8.70. The number of hydrogen-bond donors (Lipinski definition) is 0. The molecule has 0 atom stereocenters. The standard InChI is InChI=1S/C56H38N2O/c1-5-19-42(20-6-1)57(43-21-7-2-8-22-43)46-34-41(35-47(38-46)58(44-23-9-3-10-24-44)45-25-11-4-12-26-45)49-30-17-31-52-54-37-40(32-33-55(54)59-56(49)52)53-36-39-18-13-14-27-48(39)50-28-15-16-29-51(50)53/h1-38H. The van der Waals surface area contributed by atoms with Crippen molar-refractivity contribution in [3.05, 3.63) is 231 Å². The second-order valence-electron chi connectivity index (χ2n) is 14.9. The highest BCUT2D eigenvalue weighted by atomic mass is 16.3. The maximum absolute atomic E-state index is 6.90. The Morgan fingerprint density at radius 2 is 0.763 bits per heavy atom. The molecule has 1 aromatic heterocycles. The van der Waals surface area contributed by atoms with Crippen molar-refractivity contribution in [2.45, 2.75) is 0 Å². The molecule has 0 saturated carbocycles. The minimum atomic E-state index is 0.864. The van der Waals surface area contributed by atoms with Crippen LogP contribution in [0.25, 0.3) is 65.7 Å². The average Bonchev–Trinajstić information content (AvgIpc) is 3.69. The predicted octanol–water partition coefficient (Wildman–Crippen LogP) is 16.2. The first-order valence-corrected chi connectivity index (χ1v) is 20.1. The number of benzene rings is 10. The first-order valence-electron chi connectivity index (χ1n) is 20.1. The Morgan fingerprint density at radius 1 is 0.271 bits per heavy atom. The number of fused-ring (bicyclic) bond motifs is 6. The van der Waals surface area contributed by atoms with Crippen LogP contribution in [-0.2, 0) is 0 Å². The lowest BCUT2D eigenvalue weighted by molar-refractivity contribution is 0.670. The third-order valence-corrected chi connectivity index (χ3v) is 11.4. The van der Waals surface area contributed by atoms with Crippen molar-refractivity contribution in [3.63, 3.8) is 0 Å². The van der Waals surface area contributed by atoms with Gasteiger partial charge in [0.1, 0.15) is 11.2 Å². The molecule has 0 spiro atoms. The highest BCUT2D eigenvalue weighted by Crippen LogP contribution is 2.46. The molecule has 10 aromatic carbocycles. The summed E-state index contributed by atoms with van der Waals surface area (Å²) in [6, 6.07) is 82.2. The molecule has 0 amide bonds. The van der Waals surface area contributed by atoms with Crippen LogP contribution >= 0.6 is 0 Å². The zero-order valence-corrected chi connectivity index (χ0v) is 32.2. The third-order valence-electron chi connectivity index (χ3n) is 11.4. The van der Waals surface area contributed by atoms with E-state index in [-0.39, 0.29) is 0 Å². The van der Waals surface area contributed by atoms with E-state index in [0.717, 1.165) is 67.2 Å². The summed E-state index contributed by atoms with van der Waals surface area (Å²) in [7, 11) is 0. The second kappa shape index (κ2) is 14.6. The van der Waals surface area contributed by atoms with Gasteiger partial charge in [0.15, 0.2) is 0 Å². The van der Waals surface area contributed by atoms with Crippen molar-refractivity contribution in [1.29, 1.82) is 0 Å². The van der Waals surface area contributed by atoms with Crippen molar-refractivity contribution in [2.24, 2.45) is 0 Å². The largest absolute Gasteiger partial charge is 0.455 e. The van der Waals surface area contributed by atoms with Gasteiger partial charge in [0.25, 0.3) is 0 Å². The molecule has 3 heteroatoms. The van der Waals surface area contributed by atoms with Gasteiger partial charge in [0, 0.05) is 50.5 Å². The highest BCUT2D eigenvalue weighted by molar-refractivity contribution is 6.16. The molecule has 0 saturated heterocycles. The van der Waals surface area contributed by atoms with Crippen LogP contribution in [0.2, 0.25) is 0 Å². The molecule has 59 heavy (non-hydrogen) atoms. The first kappa shape index (κ1) is 34.4. The summed E-state index contributed by atoms with van der Waals surface area (Å²) >= 11 is 0. The molecule has 11 rings (SSSR count). The average molecular weight is 755 g/mol. The Labute approximate surface area is 343 Å². The lowest BCUT2D eigenvalue weighted by Gasteiger charge is -2.30. The lowest BCUT2D eigenvalue weighted by Crippen LogP contribution is -2.13. The zero-order valence-electron chi connectivity index (χ0n) is 32.2. The second-order valence-corrected chi connectivity index (χ2v) is 14.9. The van der Waals surface area contributed by atoms with Crippen LogP contribution in [0.5, 0.6) is 0 Å². The molecule has 0 bridgehead atoms. The van der Waals surface area contributed by atoms with Crippen molar-refractivity contribution >= 4 is 77.6 Å². The van der Waals surface area contributed by atoms with Gasteiger partial charge in [0.2, 0.25) is 0 Å². The molecule has 11 aromatic rings. The summed E-state index contributed by atoms with van der Waals surface area (Å²) < 4.78 is 6.90. The minimum absolute atomic E-state index is 0.864. The van der Waals surface area contributed by atoms with Crippen LogP contribution in [0.3, 0.4) is 0 Å². The zero-order chi connectivity index (χ0) is 39.1. The Balaban J connectivity index is 1.14. The van der Waals surface area contributed by atoms with Gasteiger partial charge in [0.05, 0.1) is 0 Å². The van der Waals surface area contributed by atoms with E-state index >= 15 is 0 Å². The summed E-state index contributed by atoms with van der Waals surface area (Å²) in [5.74, 6) is 0. The maximum Gasteiger partial charge on any atom is 0.143 e. The number of anilines is 6. The number of rotatable bonds is 8. The van der Waals surface area contributed by atoms with Crippen molar-refractivity contribution in [2.75, 3.05) is 9.80 Å². The summed E-state index contributed by atoms with van der Waals surface area (Å²) in [6.45, 7) is 0. The van der Waals surface area contributed by atoms with Gasteiger partial charge in [-0.15, -0.1) is 0 Å². The highest BCUT2D eigenvalue weighted by Gasteiger charge is 2.21. The summed E-state index contributed by atoms with van der Waals surface area (Å²) in [5.41, 5.74) is 12.5. The number of nitrogens with zero attached hydrogens (tertiary/aromatic N) is 2. The van der Waals surface area contributed by atoms with Crippen LogP contribution in [0.1, 0.15) is 0 Å². The molecule has 1 heterocycles. The van der Waals surface area contributed by atoms with Gasteiger partial charge >= 0.3 is 0 Å². The SMILES string of the molecule is c1ccc(N(c2ccccc2)c2cc(-c3cccc4c3oc3ccc(-c5cc6ccccc6c6ccccc56)cc34)cc(N(c3ccccc3)c3ccccc3)c2)cc1. The normalized spacial score (nSPS) is 11.4. The smallest absolute Gasteiger partial charge is 0.143 e. The van der Waals surface area contributed by atoms with E-state index in [9.17, 15) is 0 Å². The Hall–Kier alpha value is -7.88. The van der Waals surface area contributed by atoms with Crippen LogP contribution in [0, 0.1) is 0 Å². The Kier molecular flexibility index (Phi) is 8.49. The molecule has 3 nitrogen and oxygen atoms in total. The molecule has 0 aliphatic heterocycles. The third kappa shape index (κ3) is 6.17. The lowest BCUT2D eigenvalue weighted by atomic mass is 9.92. The van der Waals surface area contributed by atoms with Gasteiger partial charge in [-0.05, 0) is 123 Å². The van der Waals surface area contributed by atoms with Crippen molar-refractivity contribution in [3.8, 4) is 22.3 Å². The predicted molar refractivity (Wildman–Crippen MR) is 249 cm³/mol. The van der Waals surface area contributed by atoms with Gasteiger partial charge in [-0.2, -0.15) is 0 Å². The fourth-order valence-corrected chi connectivity index (χ4v) is 8.70. The Bertz CT molecular complexity index is 3090. The summed E-state index contributed by atoms with van der Waals surface area (Å²) in [5, 5.41) is 7.18. The molecule has 0 aliphatic carbocycles. The fraction of sp³-hybridized carbons (Fsp3) is 0. The van der Waals surface area contributed by atoms with Crippen LogP contribution in [0.15, 0.2) is 235 Å². The molecular formula is C56H38N2O. The van der Waals surface area contributed by atoms with Crippen molar-refractivity contribution in [1.82, 2.24) is 0 Å². The summed E-state index contributed by atoms with van der Waals surface area (Å²) in [4.78, 5) is 4.67. The van der Waals surface area contributed by atoms with E-state index in [1.165, 1.54) is 32.7 Å². The number of furan rings is 1. The van der Waals surface area contributed by atoms with Gasteiger partial charge in [-0.1, -0.05) is 146 Å². The Morgan fingerprint density at radius 3 is 1.34 bits per heavy atom. The summed E-state index contributed by atoms with van der Waals surface area (Å²) in [6.07, 6.45) is 0. The first-order chi connectivity index (χ1) is 29.3. The monoisotopic (exact) mass is 754 g/mol. The molecule has 0 radical (unpaired) electrons. The van der Waals surface area contributed by atoms with Crippen LogP contribution in [-0.4, -0.2) is 0 Å². The van der Waals surface area contributed by atoms with Crippen LogP contribution in [0.4, 0.5) is 34.1 Å². The van der Waals surface area contributed by atoms with Gasteiger partial charge in [-0.25, -0.2) is 0 Å². The van der Waals surface area contributed by atoms with E-state index in [1.54, 1.807) is 0 Å². The molecule has 0 unspecified atom stereocenters. The molecule has 0 N–H and O–H groups in total. The van der Waals surface area contributed by atoms with Crippen LogP contribution < -0.4 is 9.80 Å². The molecule has 0 aliphatic rings. The molecular weight excluding hydrogens is 717 g/mol. The maximum atomic E-state index is 6.90. The van der Waals surface area contributed by atoms with E-state index in [4.69, 9.17) is 4.42 Å². The minimum Gasteiger partial charge on any atom is -0.455 e. The van der Waals surface area contributed by atoms with Crippen molar-refractivity contribution < 1.29 is 4.42 Å². The van der Waals surface area contributed by atoms with E-state index < -0.39 is 0 Å². The molecule has 278 valence electrons. The van der Waals surface area contributed by atoms with Gasteiger partial charge in [-0.3, -0.25) is 0 Å². The topological polar surface area (TPSA) is 19.6 Å². The quantitative estimate of drug-likeness (QED) is 0.144. The number of para-hydroxylation sites is 5.